The second kappa shape index (κ2) is 7.76. The smallest absolute Gasteiger partial charge is 0.247 e. The minimum Gasteiger partial charge on any atom is -0.382 e. The first-order chi connectivity index (χ1) is 6.57. The van der Waals surface area contributed by atoms with Crippen LogP contribution < -0.4 is 11.1 Å². The first-order valence-corrected chi connectivity index (χ1v) is 5.28. The van der Waals surface area contributed by atoms with Crippen LogP contribution in [0.5, 0.6) is 0 Å². The van der Waals surface area contributed by atoms with Crippen LogP contribution in [0, 0.1) is 0 Å². The average Bonchev–Trinajstić information content (AvgIpc) is 2.14. The lowest BCUT2D eigenvalue weighted by molar-refractivity contribution is -0.125. The van der Waals surface area contributed by atoms with Crippen molar-refractivity contribution in [1.82, 2.24) is 5.32 Å². The zero-order valence-electron chi connectivity index (χ0n) is 9.12. The normalized spacial score (nSPS) is 15.1. The molecule has 0 spiro atoms. The van der Waals surface area contributed by atoms with Crippen molar-refractivity contribution in [1.29, 1.82) is 0 Å². The second-order valence-corrected chi connectivity index (χ2v) is 3.72. The Balaban J connectivity index is 3.43. The Morgan fingerprint density at radius 2 is 2.14 bits per heavy atom. The van der Waals surface area contributed by atoms with Gasteiger partial charge in [-0.15, -0.1) is 0 Å². The fourth-order valence-electron chi connectivity index (χ4n) is 1.22. The summed E-state index contributed by atoms with van der Waals surface area (Å²) in [7, 11) is 0. The van der Waals surface area contributed by atoms with E-state index in [9.17, 15) is 4.79 Å². The van der Waals surface area contributed by atoms with E-state index < -0.39 is 12.0 Å². The van der Waals surface area contributed by atoms with E-state index in [-0.39, 0.29) is 6.54 Å². The second-order valence-electron chi connectivity index (χ2n) is 3.72. The van der Waals surface area contributed by atoms with E-state index in [0.717, 1.165) is 6.42 Å². The molecular formula is C10H22N2O2. The molecule has 0 aromatic rings. The SMILES string of the molecule is CCCCCC(C)NCC(O)C(N)=O. The largest absolute Gasteiger partial charge is 0.382 e. The van der Waals surface area contributed by atoms with Crippen LogP contribution in [0.4, 0.5) is 0 Å². The van der Waals surface area contributed by atoms with E-state index in [4.69, 9.17) is 10.8 Å². The number of carbonyl (C=O) groups is 1. The highest BCUT2D eigenvalue weighted by Gasteiger charge is 2.11. The van der Waals surface area contributed by atoms with Gasteiger partial charge in [-0.1, -0.05) is 26.2 Å². The Bertz CT molecular complexity index is 162. The summed E-state index contributed by atoms with van der Waals surface area (Å²) in [6.07, 6.45) is 3.61. The van der Waals surface area contributed by atoms with Crippen molar-refractivity contribution in [2.45, 2.75) is 51.7 Å². The number of unbranched alkanes of at least 4 members (excludes halogenated alkanes) is 2. The van der Waals surface area contributed by atoms with Gasteiger partial charge < -0.3 is 16.2 Å². The number of hydrogen-bond donors (Lipinski definition) is 3. The highest BCUT2D eigenvalue weighted by molar-refractivity contribution is 5.78. The molecule has 0 radical (unpaired) electrons. The van der Waals surface area contributed by atoms with E-state index in [1.165, 1.54) is 19.3 Å². The van der Waals surface area contributed by atoms with Crippen molar-refractivity contribution in [2.75, 3.05) is 6.54 Å². The number of amides is 1. The lowest BCUT2D eigenvalue weighted by Gasteiger charge is -2.15. The Morgan fingerprint density at radius 1 is 1.50 bits per heavy atom. The summed E-state index contributed by atoms with van der Waals surface area (Å²) < 4.78 is 0. The molecule has 1 amide bonds. The van der Waals surface area contributed by atoms with Crippen molar-refractivity contribution >= 4 is 5.91 Å². The van der Waals surface area contributed by atoms with Crippen molar-refractivity contribution < 1.29 is 9.90 Å². The number of nitrogens with two attached hydrogens (primary N) is 1. The monoisotopic (exact) mass is 202 g/mol. The Morgan fingerprint density at radius 3 is 2.64 bits per heavy atom. The fourth-order valence-corrected chi connectivity index (χ4v) is 1.22. The van der Waals surface area contributed by atoms with E-state index in [2.05, 4.69) is 12.2 Å². The van der Waals surface area contributed by atoms with Crippen LogP contribution in [-0.2, 0) is 4.79 Å². The summed E-state index contributed by atoms with van der Waals surface area (Å²) in [5, 5.41) is 12.2. The van der Waals surface area contributed by atoms with E-state index in [1.807, 2.05) is 6.92 Å². The van der Waals surface area contributed by atoms with Crippen molar-refractivity contribution in [3.05, 3.63) is 0 Å². The summed E-state index contributed by atoms with van der Waals surface area (Å²) in [4.78, 5) is 10.5. The molecule has 4 nitrogen and oxygen atoms in total. The number of hydrogen-bond acceptors (Lipinski definition) is 3. The van der Waals surface area contributed by atoms with Crippen molar-refractivity contribution in [3.63, 3.8) is 0 Å². The number of nitrogens with one attached hydrogen (secondary N) is 1. The molecule has 0 aromatic heterocycles. The lowest BCUT2D eigenvalue weighted by Crippen LogP contribution is -2.40. The molecule has 0 aliphatic heterocycles. The molecule has 4 N–H and O–H groups in total. The quantitative estimate of drug-likeness (QED) is 0.498. The average molecular weight is 202 g/mol. The van der Waals surface area contributed by atoms with Crippen LogP contribution in [0.25, 0.3) is 0 Å². The minimum atomic E-state index is -1.07. The Hall–Kier alpha value is -0.610. The highest BCUT2D eigenvalue weighted by Crippen LogP contribution is 2.02. The van der Waals surface area contributed by atoms with Gasteiger partial charge in [-0.3, -0.25) is 4.79 Å². The molecule has 2 atom stereocenters. The van der Waals surface area contributed by atoms with Crippen molar-refractivity contribution in [3.8, 4) is 0 Å². The third kappa shape index (κ3) is 6.86. The van der Waals surface area contributed by atoms with Gasteiger partial charge in [0.1, 0.15) is 6.10 Å². The first kappa shape index (κ1) is 13.4. The molecule has 14 heavy (non-hydrogen) atoms. The molecule has 0 aromatic carbocycles. The third-order valence-electron chi connectivity index (χ3n) is 2.23. The van der Waals surface area contributed by atoms with Crippen LogP contribution in [0.2, 0.25) is 0 Å². The molecular weight excluding hydrogens is 180 g/mol. The molecule has 0 saturated heterocycles. The molecule has 0 rings (SSSR count). The van der Waals surface area contributed by atoms with Crippen molar-refractivity contribution in [2.24, 2.45) is 5.73 Å². The van der Waals surface area contributed by atoms with Crippen LogP contribution in [0.15, 0.2) is 0 Å². The number of rotatable bonds is 8. The van der Waals surface area contributed by atoms with E-state index in [0.29, 0.717) is 6.04 Å². The fraction of sp³-hybridized carbons (Fsp3) is 0.900. The predicted molar refractivity (Wildman–Crippen MR) is 56.8 cm³/mol. The molecule has 0 saturated carbocycles. The van der Waals surface area contributed by atoms with Gasteiger partial charge in [0.25, 0.3) is 0 Å². The van der Waals surface area contributed by atoms with Gasteiger partial charge in [-0.25, -0.2) is 0 Å². The number of primary amides is 1. The van der Waals surface area contributed by atoms with Crippen LogP contribution in [-0.4, -0.2) is 29.7 Å². The minimum absolute atomic E-state index is 0.253. The number of aliphatic hydroxyl groups excluding tert-OH is 1. The summed E-state index contributed by atoms with van der Waals surface area (Å²) in [6, 6.07) is 0.329. The van der Waals surface area contributed by atoms with Crippen LogP contribution in [0.1, 0.15) is 39.5 Å². The van der Waals surface area contributed by atoms with Gasteiger partial charge in [-0.2, -0.15) is 0 Å². The maximum atomic E-state index is 10.5. The highest BCUT2D eigenvalue weighted by atomic mass is 16.3. The molecule has 2 unspecified atom stereocenters. The standard InChI is InChI=1S/C10H22N2O2/c1-3-4-5-6-8(2)12-7-9(13)10(11)14/h8-9,12-13H,3-7H2,1-2H3,(H2,11,14). The molecule has 0 aliphatic carbocycles. The van der Waals surface area contributed by atoms with Gasteiger partial charge in [-0.05, 0) is 13.3 Å². The molecule has 84 valence electrons. The summed E-state index contributed by atoms with van der Waals surface area (Å²) >= 11 is 0. The zero-order chi connectivity index (χ0) is 11.0. The summed E-state index contributed by atoms with van der Waals surface area (Å²) in [5.74, 6) is -0.668. The molecule has 4 heteroatoms. The topological polar surface area (TPSA) is 75.3 Å². The zero-order valence-corrected chi connectivity index (χ0v) is 9.12. The maximum absolute atomic E-state index is 10.5. The Labute approximate surface area is 85.9 Å². The predicted octanol–water partition coefficient (Wildman–Crippen LogP) is 0.391. The number of aliphatic hydroxyl groups is 1. The van der Waals surface area contributed by atoms with Crippen LogP contribution in [0.3, 0.4) is 0 Å². The molecule has 0 aliphatic rings. The summed E-state index contributed by atoms with van der Waals surface area (Å²) in [5.41, 5.74) is 4.91. The molecule has 0 fully saturated rings. The lowest BCUT2D eigenvalue weighted by atomic mass is 10.1. The van der Waals surface area contributed by atoms with Gasteiger partial charge in [0.2, 0.25) is 5.91 Å². The third-order valence-corrected chi connectivity index (χ3v) is 2.23. The van der Waals surface area contributed by atoms with Gasteiger partial charge in [0.05, 0.1) is 0 Å². The Kier molecular flexibility index (Phi) is 7.42. The first-order valence-electron chi connectivity index (χ1n) is 5.28. The summed E-state index contributed by atoms with van der Waals surface area (Å²) in [6.45, 7) is 4.46. The molecule has 0 bridgehead atoms. The van der Waals surface area contributed by atoms with Gasteiger partial charge in [0.15, 0.2) is 0 Å². The van der Waals surface area contributed by atoms with Crippen LogP contribution >= 0.6 is 0 Å². The number of carbonyl (C=O) groups excluding carboxylic acids is 1. The van der Waals surface area contributed by atoms with Gasteiger partial charge in [0, 0.05) is 12.6 Å². The molecule has 0 heterocycles. The van der Waals surface area contributed by atoms with E-state index in [1.54, 1.807) is 0 Å². The van der Waals surface area contributed by atoms with Gasteiger partial charge >= 0.3 is 0 Å². The van der Waals surface area contributed by atoms with E-state index >= 15 is 0 Å². The maximum Gasteiger partial charge on any atom is 0.247 e.